The van der Waals surface area contributed by atoms with E-state index >= 15 is 0 Å². The monoisotopic (exact) mass is 367 g/mol. The van der Waals surface area contributed by atoms with Crippen molar-refractivity contribution in [2.45, 2.75) is 89.9 Å². The molecule has 148 valence electrons. The Morgan fingerprint density at radius 1 is 1.23 bits per heavy atom. The Morgan fingerprint density at radius 3 is 2.54 bits per heavy atom. The van der Waals surface area contributed by atoms with E-state index in [0.717, 1.165) is 32.1 Å². The second kappa shape index (κ2) is 9.35. The van der Waals surface area contributed by atoms with Crippen LogP contribution in [0.3, 0.4) is 0 Å². The van der Waals surface area contributed by atoms with Crippen LogP contribution in [-0.4, -0.2) is 53.5 Å². The third-order valence-corrected chi connectivity index (χ3v) is 5.58. The van der Waals surface area contributed by atoms with Gasteiger partial charge in [-0.25, -0.2) is 0 Å². The number of carbonyl (C=O) groups is 3. The normalized spacial score (nSPS) is 27.5. The molecular weight excluding hydrogens is 336 g/mol. The van der Waals surface area contributed by atoms with Gasteiger partial charge >= 0.3 is 5.97 Å². The summed E-state index contributed by atoms with van der Waals surface area (Å²) < 4.78 is 5.08. The maximum Gasteiger partial charge on any atom is 0.323 e. The van der Waals surface area contributed by atoms with Crippen LogP contribution in [0.1, 0.15) is 65.7 Å². The molecule has 0 aromatic heterocycles. The quantitative estimate of drug-likeness (QED) is 0.631. The second-order valence-corrected chi connectivity index (χ2v) is 7.41. The van der Waals surface area contributed by atoms with Crippen molar-refractivity contribution in [2.24, 2.45) is 5.92 Å². The molecule has 0 aromatic rings. The highest BCUT2D eigenvalue weighted by Crippen LogP contribution is 2.39. The Labute approximate surface area is 155 Å². The van der Waals surface area contributed by atoms with Crippen LogP contribution < -0.4 is 10.4 Å². The number of hydrogen-bond acceptors (Lipinski definition) is 6. The van der Waals surface area contributed by atoms with Gasteiger partial charge in [-0.05, 0) is 45.4 Å². The lowest BCUT2D eigenvalue weighted by Crippen LogP contribution is -2.57. The molecule has 7 heteroatoms. The van der Waals surface area contributed by atoms with E-state index in [2.05, 4.69) is 5.32 Å². The number of aliphatic carboxylic acids is 1. The van der Waals surface area contributed by atoms with Gasteiger partial charge in [-0.2, -0.15) is 0 Å². The number of carboxylic acids is 1. The molecule has 0 spiro atoms. The first-order valence-corrected chi connectivity index (χ1v) is 9.86. The van der Waals surface area contributed by atoms with Gasteiger partial charge in [-0.1, -0.05) is 26.2 Å². The molecule has 5 unspecified atom stereocenters. The minimum Gasteiger partial charge on any atom is -0.548 e. The largest absolute Gasteiger partial charge is 0.548 e. The molecule has 2 aliphatic rings. The average Bonchev–Trinajstić information content (AvgIpc) is 3.00. The summed E-state index contributed by atoms with van der Waals surface area (Å²) in [5.74, 6) is -1.59. The van der Waals surface area contributed by atoms with Gasteiger partial charge < -0.3 is 19.5 Å². The van der Waals surface area contributed by atoms with Gasteiger partial charge in [0.1, 0.15) is 6.04 Å². The molecule has 0 bridgehead atoms. The highest BCUT2D eigenvalue weighted by atomic mass is 16.5. The predicted molar refractivity (Wildman–Crippen MR) is 93.9 cm³/mol. The lowest BCUT2D eigenvalue weighted by molar-refractivity contribution is -0.310. The van der Waals surface area contributed by atoms with Crippen LogP contribution in [0, 0.1) is 5.92 Å². The van der Waals surface area contributed by atoms with Crippen LogP contribution in [0.15, 0.2) is 0 Å². The number of amides is 1. The van der Waals surface area contributed by atoms with Crippen molar-refractivity contribution in [2.75, 3.05) is 6.61 Å². The number of fused-ring (bicyclic) bond motifs is 1. The van der Waals surface area contributed by atoms with Crippen LogP contribution >= 0.6 is 0 Å². The Balaban J connectivity index is 2.10. The van der Waals surface area contributed by atoms with Crippen molar-refractivity contribution in [3.63, 3.8) is 0 Å². The molecule has 1 N–H and O–H groups in total. The SMILES string of the molecule is CCCC(NC(C)C(=O)N1C(C(=O)[O-])CC2CCCCC21)C(=O)OCC. The highest BCUT2D eigenvalue weighted by Gasteiger charge is 2.46. The first-order valence-electron chi connectivity index (χ1n) is 9.86. The zero-order valence-electron chi connectivity index (χ0n) is 16.0. The Morgan fingerprint density at radius 2 is 1.92 bits per heavy atom. The molecule has 2 rings (SSSR count). The van der Waals surface area contributed by atoms with E-state index in [4.69, 9.17) is 4.74 Å². The summed E-state index contributed by atoms with van der Waals surface area (Å²) in [6, 6.07) is -2.12. The van der Waals surface area contributed by atoms with E-state index in [0.29, 0.717) is 12.8 Å². The Kier molecular flexibility index (Phi) is 7.43. The van der Waals surface area contributed by atoms with Gasteiger partial charge in [0, 0.05) is 6.04 Å². The number of rotatable bonds is 8. The van der Waals surface area contributed by atoms with Crippen molar-refractivity contribution in [1.82, 2.24) is 10.2 Å². The number of esters is 1. The fourth-order valence-corrected chi connectivity index (χ4v) is 4.38. The number of carboxylic acid groups (broad SMARTS) is 1. The average molecular weight is 367 g/mol. The summed E-state index contributed by atoms with van der Waals surface area (Å²) >= 11 is 0. The lowest BCUT2D eigenvalue weighted by atomic mass is 9.84. The van der Waals surface area contributed by atoms with Crippen LogP contribution in [0.4, 0.5) is 0 Å². The van der Waals surface area contributed by atoms with E-state index in [1.54, 1.807) is 13.8 Å². The van der Waals surface area contributed by atoms with Crippen molar-refractivity contribution < 1.29 is 24.2 Å². The smallest absolute Gasteiger partial charge is 0.323 e. The van der Waals surface area contributed by atoms with Crippen molar-refractivity contribution in [1.29, 1.82) is 0 Å². The van der Waals surface area contributed by atoms with E-state index in [1.165, 1.54) is 4.90 Å². The fraction of sp³-hybridized carbons (Fsp3) is 0.842. The minimum absolute atomic E-state index is 0.0318. The first-order chi connectivity index (χ1) is 12.4. The van der Waals surface area contributed by atoms with Crippen molar-refractivity contribution in [3.05, 3.63) is 0 Å². The minimum atomic E-state index is -1.18. The molecular formula is C19H31N2O5-. The van der Waals surface area contributed by atoms with Gasteiger partial charge in [0.25, 0.3) is 0 Å². The molecule has 5 atom stereocenters. The van der Waals surface area contributed by atoms with Gasteiger partial charge in [0.05, 0.1) is 24.7 Å². The standard InChI is InChI=1S/C19H32N2O5/c1-4-8-14(19(25)26-5-2)20-12(3)17(22)21-15-10-7-6-9-13(15)11-16(21)18(23)24/h12-16,20H,4-11H2,1-3H3,(H,23,24)/p-1. The number of nitrogens with one attached hydrogen (secondary N) is 1. The highest BCUT2D eigenvalue weighted by molar-refractivity contribution is 5.88. The molecule has 1 saturated carbocycles. The van der Waals surface area contributed by atoms with E-state index < -0.39 is 24.1 Å². The molecule has 0 aromatic carbocycles. The van der Waals surface area contributed by atoms with Crippen LogP contribution in [0.5, 0.6) is 0 Å². The van der Waals surface area contributed by atoms with Crippen LogP contribution in [0.25, 0.3) is 0 Å². The summed E-state index contributed by atoms with van der Waals surface area (Å²) in [5.41, 5.74) is 0. The van der Waals surface area contributed by atoms with Crippen LogP contribution in [0.2, 0.25) is 0 Å². The molecule has 7 nitrogen and oxygen atoms in total. The summed E-state index contributed by atoms with van der Waals surface area (Å²) in [7, 11) is 0. The number of carbonyl (C=O) groups excluding carboxylic acids is 3. The predicted octanol–water partition coefficient (Wildman–Crippen LogP) is 0.606. The summed E-state index contributed by atoms with van der Waals surface area (Å²) in [6.07, 6.45) is 5.69. The molecule has 1 aliphatic carbocycles. The summed E-state index contributed by atoms with van der Waals surface area (Å²) in [6.45, 7) is 5.67. The molecule has 26 heavy (non-hydrogen) atoms. The molecule has 0 radical (unpaired) electrons. The molecule has 1 saturated heterocycles. The van der Waals surface area contributed by atoms with Crippen molar-refractivity contribution in [3.8, 4) is 0 Å². The summed E-state index contributed by atoms with van der Waals surface area (Å²) in [5, 5.41) is 14.7. The molecule has 1 aliphatic heterocycles. The molecule has 2 fully saturated rings. The number of nitrogens with zero attached hydrogens (tertiary/aromatic N) is 1. The van der Waals surface area contributed by atoms with E-state index in [9.17, 15) is 19.5 Å². The fourth-order valence-electron chi connectivity index (χ4n) is 4.38. The van der Waals surface area contributed by atoms with Gasteiger partial charge in [0.2, 0.25) is 5.91 Å². The summed E-state index contributed by atoms with van der Waals surface area (Å²) in [4.78, 5) is 38.3. The zero-order valence-corrected chi connectivity index (χ0v) is 16.0. The number of hydrogen-bond donors (Lipinski definition) is 1. The number of ether oxygens (including phenoxy) is 1. The maximum absolute atomic E-state index is 13.1. The Bertz CT molecular complexity index is 524. The molecule has 1 amide bonds. The zero-order chi connectivity index (χ0) is 19.3. The first kappa shape index (κ1) is 20.7. The maximum atomic E-state index is 13.1. The molecule has 1 heterocycles. The van der Waals surface area contributed by atoms with E-state index in [-0.39, 0.29) is 30.4 Å². The van der Waals surface area contributed by atoms with Gasteiger partial charge in [-0.3, -0.25) is 14.9 Å². The van der Waals surface area contributed by atoms with E-state index in [1.807, 2.05) is 6.92 Å². The van der Waals surface area contributed by atoms with Crippen LogP contribution in [-0.2, 0) is 19.1 Å². The topological polar surface area (TPSA) is 98.8 Å². The lowest BCUT2D eigenvalue weighted by Gasteiger charge is -2.36. The third-order valence-electron chi connectivity index (χ3n) is 5.58. The Hall–Kier alpha value is -1.63. The van der Waals surface area contributed by atoms with Gasteiger partial charge in [-0.15, -0.1) is 0 Å². The van der Waals surface area contributed by atoms with Crippen molar-refractivity contribution >= 4 is 17.8 Å². The third kappa shape index (κ3) is 4.55. The van der Waals surface area contributed by atoms with Gasteiger partial charge in [0.15, 0.2) is 0 Å². The number of likely N-dealkylation sites (tertiary alicyclic amines) is 1. The second-order valence-electron chi connectivity index (χ2n) is 7.41.